The van der Waals surface area contributed by atoms with Crippen LogP contribution >= 0.6 is 0 Å². The molecule has 4 rings (SSSR count). The second-order valence-corrected chi connectivity index (χ2v) is 11.0. The molecule has 2 aliphatic heterocycles. The minimum atomic E-state index is -1.14. The van der Waals surface area contributed by atoms with E-state index >= 15 is 0 Å². The molecule has 0 radical (unpaired) electrons. The lowest BCUT2D eigenvalue weighted by Gasteiger charge is -2.23. The molecule has 0 saturated carbocycles. The van der Waals surface area contributed by atoms with E-state index in [1.807, 2.05) is 0 Å². The van der Waals surface area contributed by atoms with E-state index in [-0.39, 0.29) is 35.0 Å². The number of ketones is 4. The van der Waals surface area contributed by atoms with E-state index in [4.69, 9.17) is 9.47 Å². The number of aliphatic hydroxyl groups is 2. The van der Waals surface area contributed by atoms with E-state index in [1.165, 1.54) is 26.0 Å². The lowest BCUT2D eigenvalue weighted by atomic mass is 9.81. The van der Waals surface area contributed by atoms with Gasteiger partial charge in [0.1, 0.15) is 36.0 Å². The Morgan fingerprint density at radius 1 is 0.725 bits per heavy atom. The molecule has 2 aliphatic carbocycles. The number of rotatable bonds is 8. The lowest BCUT2D eigenvalue weighted by molar-refractivity contribution is -0.145. The molecule has 4 aliphatic rings. The summed E-state index contributed by atoms with van der Waals surface area (Å²) in [6, 6.07) is 0. The van der Waals surface area contributed by atoms with Crippen LogP contribution in [0.2, 0.25) is 0 Å². The first-order valence-electron chi connectivity index (χ1n) is 13.2. The van der Waals surface area contributed by atoms with Gasteiger partial charge in [0.25, 0.3) is 0 Å². The van der Waals surface area contributed by atoms with Crippen LogP contribution in [-0.2, 0) is 38.2 Å². The number of carbonyl (C=O) groups is 6. The highest BCUT2D eigenvalue weighted by molar-refractivity contribution is 5.97. The Kier molecular flexibility index (Phi) is 9.58. The molecule has 0 aromatic heterocycles. The van der Waals surface area contributed by atoms with E-state index in [0.717, 1.165) is 0 Å². The summed E-state index contributed by atoms with van der Waals surface area (Å²) in [7, 11) is 0. The van der Waals surface area contributed by atoms with Crippen LogP contribution in [0.3, 0.4) is 0 Å². The molecule has 2 saturated heterocycles. The van der Waals surface area contributed by atoms with E-state index in [2.05, 4.69) is 13.2 Å². The van der Waals surface area contributed by atoms with Gasteiger partial charge in [-0.25, -0.2) is 9.59 Å². The molecular formula is C30H36O10. The highest BCUT2D eigenvalue weighted by Crippen LogP contribution is 2.41. The fourth-order valence-electron chi connectivity index (χ4n) is 5.79. The number of hydrogen-bond donors (Lipinski definition) is 2. The molecule has 8 atom stereocenters. The van der Waals surface area contributed by atoms with Crippen molar-refractivity contribution in [3.8, 4) is 0 Å². The number of carbonyl (C=O) groups excluding carboxylic acids is 6. The summed E-state index contributed by atoms with van der Waals surface area (Å²) in [5.41, 5.74) is 2.00. The van der Waals surface area contributed by atoms with Crippen molar-refractivity contribution >= 4 is 35.1 Å². The van der Waals surface area contributed by atoms with Gasteiger partial charge in [-0.3, -0.25) is 9.59 Å². The highest BCUT2D eigenvalue weighted by Gasteiger charge is 2.50. The fraction of sp³-hybridized carbons (Fsp3) is 0.533. The Balaban J connectivity index is 0.000000220. The predicted molar refractivity (Wildman–Crippen MR) is 141 cm³/mol. The van der Waals surface area contributed by atoms with Crippen LogP contribution in [-0.4, -0.2) is 69.7 Å². The van der Waals surface area contributed by atoms with Gasteiger partial charge in [-0.2, -0.15) is 0 Å². The van der Waals surface area contributed by atoms with E-state index in [9.17, 15) is 39.0 Å². The van der Waals surface area contributed by atoms with Crippen molar-refractivity contribution in [3.63, 3.8) is 0 Å². The summed E-state index contributed by atoms with van der Waals surface area (Å²) in [4.78, 5) is 69.6. The van der Waals surface area contributed by atoms with Gasteiger partial charge in [0, 0.05) is 35.8 Å². The van der Waals surface area contributed by atoms with Gasteiger partial charge in [0.05, 0.1) is 11.8 Å². The second kappa shape index (κ2) is 12.3. The van der Waals surface area contributed by atoms with Gasteiger partial charge in [0.15, 0.2) is 11.6 Å². The van der Waals surface area contributed by atoms with Crippen LogP contribution in [0.25, 0.3) is 0 Å². The first-order chi connectivity index (χ1) is 18.6. The number of cyclic esters (lactones) is 2. The molecule has 40 heavy (non-hydrogen) atoms. The van der Waals surface area contributed by atoms with Crippen molar-refractivity contribution in [2.45, 2.75) is 77.8 Å². The Morgan fingerprint density at radius 3 is 1.30 bits per heavy atom. The number of esters is 2. The Hall–Kier alpha value is -3.50. The molecule has 2 fully saturated rings. The molecule has 10 heteroatoms. The maximum atomic E-state index is 12.0. The Labute approximate surface area is 232 Å². The van der Waals surface area contributed by atoms with Gasteiger partial charge in [-0.1, -0.05) is 24.3 Å². The summed E-state index contributed by atoms with van der Waals surface area (Å²) in [5, 5.41) is 19.2. The first-order valence-corrected chi connectivity index (χ1v) is 13.2. The Bertz CT molecular complexity index is 1130. The zero-order valence-corrected chi connectivity index (χ0v) is 23.2. The van der Waals surface area contributed by atoms with Crippen LogP contribution in [0.15, 0.2) is 47.6 Å². The van der Waals surface area contributed by atoms with Crippen molar-refractivity contribution in [2.75, 3.05) is 0 Å². The number of hydrogen-bond acceptors (Lipinski definition) is 10. The predicted octanol–water partition coefficient (Wildman–Crippen LogP) is 1.92. The summed E-state index contributed by atoms with van der Waals surface area (Å²) < 4.78 is 10.5. The van der Waals surface area contributed by atoms with Crippen LogP contribution < -0.4 is 0 Å². The van der Waals surface area contributed by atoms with Crippen LogP contribution in [0.5, 0.6) is 0 Å². The molecule has 2 heterocycles. The van der Waals surface area contributed by atoms with Gasteiger partial charge >= 0.3 is 11.9 Å². The van der Waals surface area contributed by atoms with E-state index in [1.54, 1.807) is 13.8 Å². The monoisotopic (exact) mass is 556 g/mol. The molecule has 0 aromatic rings. The topological polar surface area (TPSA) is 161 Å². The van der Waals surface area contributed by atoms with Crippen LogP contribution in [0, 0.1) is 23.7 Å². The van der Waals surface area contributed by atoms with E-state index in [0.29, 0.717) is 48.0 Å². The SMILES string of the molecule is C=C1C(=O)OC([C@H]2C(=O)[C@H](O)C=C2C)[C@@H]1CCC(C)=O.C=C1C(=O)OC([C@H]2C(=O)[C@H](O)C=C2C)[C@H]1CCC(C)=O. The van der Waals surface area contributed by atoms with E-state index < -0.39 is 48.2 Å². The standard InChI is InChI=1S/2C15H18O5/c2*1-7-6-11(17)13(18)12(7)14-10(5-4-8(2)16)9(3)15(19)20-14/h2*6,10-12,14,17H,3-5H2,1-2H3/t10-,11+,12+,14?;10-,11-,12-,14?/m01/s1. The molecule has 0 amide bonds. The maximum absolute atomic E-state index is 12.0. The summed E-state index contributed by atoms with van der Waals surface area (Å²) in [6.45, 7) is 13.8. The van der Waals surface area contributed by atoms with Crippen molar-refractivity contribution in [1.82, 2.24) is 0 Å². The zero-order valence-electron chi connectivity index (χ0n) is 23.2. The Morgan fingerprint density at radius 2 is 1.05 bits per heavy atom. The van der Waals surface area contributed by atoms with Crippen molar-refractivity contribution in [3.05, 3.63) is 47.6 Å². The van der Waals surface area contributed by atoms with Crippen molar-refractivity contribution in [2.24, 2.45) is 23.7 Å². The minimum Gasteiger partial charge on any atom is -0.457 e. The average Bonchev–Trinajstić information content (AvgIpc) is 3.48. The first kappa shape index (κ1) is 31.0. The molecule has 0 spiro atoms. The molecule has 10 nitrogen and oxygen atoms in total. The van der Waals surface area contributed by atoms with Gasteiger partial charge < -0.3 is 29.3 Å². The quantitative estimate of drug-likeness (QED) is 0.257. The average molecular weight is 557 g/mol. The maximum Gasteiger partial charge on any atom is 0.334 e. The second-order valence-electron chi connectivity index (χ2n) is 11.0. The smallest absolute Gasteiger partial charge is 0.334 e. The minimum absolute atomic E-state index is 0.0148. The zero-order chi connectivity index (χ0) is 30.0. The summed E-state index contributed by atoms with van der Waals surface area (Å²) >= 11 is 0. The highest BCUT2D eigenvalue weighted by atomic mass is 16.6. The van der Waals surface area contributed by atoms with Crippen molar-refractivity contribution < 1.29 is 48.5 Å². The fourth-order valence-corrected chi connectivity index (χ4v) is 5.79. The molecule has 0 aromatic carbocycles. The van der Waals surface area contributed by atoms with Gasteiger partial charge in [-0.15, -0.1) is 0 Å². The lowest BCUT2D eigenvalue weighted by Crippen LogP contribution is -2.34. The molecule has 0 bridgehead atoms. The molecule has 2 N–H and O–H groups in total. The van der Waals surface area contributed by atoms with Gasteiger partial charge in [0.2, 0.25) is 0 Å². The molecular weight excluding hydrogens is 520 g/mol. The molecule has 216 valence electrons. The van der Waals surface area contributed by atoms with Crippen LogP contribution in [0.4, 0.5) is 0 Å². The number of Topliss-reactive ketones (excluding diaryl/α,β-unsaturated/α-hetero) is 4. The van der Waals surface area contributed by atoms with Gasteiger partial charge in [-0.05, 0) is 52.7 Å². The van der Waals surface area contributed by atoms with Crippen LogP contribution in [0.1, 0.15) is 53.4 Å². The summed E-state index contributed by atoms with van der Waals surface area (Å²) in [6.07, 6.45) is 0.836. The largest absolute Gasteiger partial charge is 0.457 e. The third-order valence-corrected chi connectivity index (χ3v) is 7.99. The molecule has 2 unspecified atom stereocenters. The third kappa shape index (κ3) is 6.28. The normalized spacial score (nSPS) is 33.4. The summed E-state index contributed by atoms with van der Waals surface area (Å²) in [5.74, 6) is -3.71. The number of aliphatic hydroxyl groups excluding tert-OH is 2. The van der Waals surface area contributed by atoms with Crippen molar-refractivity contribution in [1.29, 1.82) is 0 Å². The number of ether oxygens (including phenoxy) is 2. The third-order valence-electron chi connectivity index (χ3n) is 7.99.